The summed E-state index contributed by atoms with van der Waals surface area (Å²) in [5, 5.41) is 15.8. The predicted octanol–water partition coefficient (Wildman–Crippen LogP) is 6.31. The molecular formula is C28H35N5O. The van der Waals surface area contributed by atoms with Gasteiger partial charge in [-0.15, -0.1) is 0 Å². The van der Waals surface area contributed by atoms with Crippen molar-refractivity contribution in [2.24, 2.45) is 0 Å². The Kier molecular flexibility index (Phi) is 6.43. The molecule has 0 atom stereocenters. The second-order valence-corrected chi connectivity index (χ2v) is 10.8. The maximum atomic E-state index is 12.4. The van der Waals surface area contributed by atoms with Crippen LogP contribution in [0.1, 0.15) is 99.0 Å². The molecule has 6 nitrogen and oxygen atoms in total. The quantitative estimate of drug-likeness (QED) is 0.407. The summed E-state index contributed by atoms with van der Waals surface area (Å²) in [5.74, 6) is -0.0248. The first-order chi connectivity index (χ1) is 16.1. The molecule has 0 unspecified atom stereocenters. The molecule has 0 aliphatic heterocycles. The van der Waals surface area contributed by atoms with Gasteiger partial charge >= 0.3 is 0 Å². The van der Waals surface area contributed by atoms with Crippen LogP contribution in [0.3, 0.4) is 0 Å². The summed E-state index contributed by atoms with van der Waals surface area (Å²) < 4.78 is 0. The Balaban J connectivity index is 1.64. The van der Waals surface area contributed by atoms with Crippen LogP contribution in [0.15, 0.2) is 36.4 Å². The fraction of sp³-hybridized carbons (Fsp3) is 0.429. The highest BCUT2D eigenvalue weighted by Crippen LogP contribution is 2.50. The Labute approximate surface area is 202 Å². The van der Waals surface area contributed by atoms with Gasteiger partial charge in [0.1, 0.15) is 0 Å². The van der Waals surface area contributed by atoms with E-state index in [1.165, 1.54) is 47.1 Å². The minimum Gasteiger partial charge on any atom is -0.289 e. The van der Waals surface area contributed by atoms with Crippen molar-refractivity contribution in [2.45, 2.75) is 78.1 Å². The van der Waals surface area contributed by atoms with Crippen molar-refractivity contribution >= 4 is 23.5 Å². The normalized spacial score (nSPS) is 16.4. The zero-order valence-corrected chi connectivity index (χ0v) is 21.1. The summed E-state index contributed by atoms with van der Waals surface area (Å²) >= 11 is 0. The minimum absolute atomic E-state index is 0.172. The number of fused-ring (bicyclic) bond motifs is 1. The van der Waals surface area contributed by atoms with Crippen molar-refractivity contribution < 1.29 is 4.79 Å². The van der Waals surface area contributed by atoms with Crippen LogP contribution in [-0.4, -0.2) is 26.5 Å². The van der Waals surface area contributed by atoms with E-state index in [4.69, 9.17) is 0 Å². The highest BCUT2D eigenvalue weighted by Gasteiger charge is 2.42. The lowest BCUT2D eigenvalue weighted by Crippen LogP contribution is -2.18. The van der Waals surface area contributed by atoms with Gasteiger partial charge in [0, 0.05) is 5.56 Å². The number of carbonyl (C=O) groups is 1. The molecule has 0 saturated carbocycles. The van der Waals surface area contributed by atoms with E-state index < -0.39 is 0 Å². The Morgan fingerprint density at radius 3 is 2.38 bits per heavy atom. The van der Waals surface area contributed by atoms with Gasteiger partial charge in [-0.25, -0.2) is 5.10 Å². The number of tetrazole rings is 1. The highest BCUT2D eigenvalue weighted by atomic mass is 16.1. The molecule has 1 amide bonds. The second-order valence-electron chi connectivity index (χ2n) is 10.8. The van der Waals surface area contributed by atoms with E-state index in [2.05, 4.69) is 85.7 Å². The van der Waals surface area contributed by atoms with Gasteiger partial charge in [-0.1, -0.05) is 76.5 Å². The number of hydrogen-bond donors (Lipinski definition) is 2. The summed E-state index contributed by atoms with van der Waals surface area (Å²) in [5.41, 5.74) is 9.02. The van der Waals surface area contributed by atoms with Crippen molar-refractivity contribution in [1.29, 1.82) is 0 Å². The SMILES string of the molecule is CCCCc1cc2c(cc1/C(C)=C/c1ccc(C(=O)Nc3nnn[nH]3)cc1)C(C)(C)CC2(C)C. The Hall–Kier alpha value is -3.28. The molecule has 2 N–H and O–H groups in total. The van der Waals surface area contributed by atoms with Crippen LogP contribution in [0.25, 0.3) is 11.6 Å². The van der Waals surface area contributed by atoms with E-state index in [9.17, 15) is 4.79 Å². The van der Waals surface area contributed by atoms with Gasteiger partial charge in [-0.2, -0.15) is 0 Å². The molecule has 4 rings (SSSR count). The van der Waals surface area contributed by atoms with Crippen LogP contribution in [-0.2, 0) is 17.3 Å². The third kappa shape index (κ3) is 4.81. The van der Waals surface area contributed by atoms with E-state index in [-0.39, 0.29) is 22.7 Å². The molecule has 1 aliphatic carbocycles. The molecule has 0 bridgehead atoms. The zero-order valence-electron chi connectivity index (χ0n) is 21.1. The molecule has 0 fully saturated rings. The lowest BCUT2D eigenvalue weighted by molar-refractivity contribution is 0.102. The van der Waals surface area contributed by atoms with Crippen molar-refractivity contribution in [3.8, 4) is 0 Å². The molecule has 6 heteroatoms. The van der Waals surface area contributed by atoms with E-state index in [0.717, 1.165) is 12.0 Å². The fourth-order valence-corrected chi connectivity index (χ4v) is 5.45. The first-order valence-corrected chi connectivity index (χ1v) is 12.1. The number of benzene rings is 2. The van der Waals surface area contributed by atoms with Crippen LogP contribution >= 0.6 is 0 Å². The number of aryl methyl sites for hydroxylation is 1. The van der Waals surface area contributed by atoms with Gasteiger partial charge in [0.2, 0.25) is 5.95 Å². The topological polar surface area (TPSA) is 83.6 Å². The number of rotatable bonds is 7. The predicted molar refractivity (Wildman–Crippen MR) is 138 cm³/mol. The molecule has 1 aromatic heterocycles. The van der Waals surface area contributed by atoms with Crippen LogP contribution in [0.2, 0.25) is 0 Å². The molecule has 0 spiro atoms. The van der Waals surface area contributed by atoms with E-state index in [1.54, 1.807) is 0 Å². The molecule has 2 aromatic carbocycles. The summed E-state index contributed by atoms with van der Waals surface area (Å²) in [6.45, 7) is 13.9. The third-order valence-electron chi connectivity index (χ3n) is 6.94. The number of nitrogens with zero attached hydrogens (tertiary/aromatic N) is 3. The third-order valence-corrected chi connectivity index (χ3v) is 6.94. The number of anilines is 1. The monoisotopic (exact) mass is 457 g/mol. The lowest BCUT2D eigenvalue weighted by atomic mass is 9.82. The van der Waals surface area contributed by atoms with Gasteiger partial charge in [0.05, 0.1) is 0 Å². The summed E-state index contributed by atoms with van der Waals surface area (Å²) in [6, 6.07) is 12.5. The Morgan fingerprint density at radius 2 is 1.76 bits per heavy atom. The van der Waals surface area contributed by atoms with E-state index in [1.807, 2.05) is 24.3 Å². The minimum atomic E-state index is -0.254. The van der Waals surface area contributed by atoms with E-state index in [0.29, 0.717) is 5.56 Å². The number of aromatic nitrogens is 4. The van der Waals surface area contributed by atoms with Crippen LogP contribution < -0.4 is 5.32 Å². The highest BCUT2D eigenvalue weighted by molar-refractivity contribution is 6.03. The fourth-order valence-electron chi connectivity index (χ4n) is 5.45. The first kappa shape index (κ1) is 23.9. The maximum absolute atomic E-state index is 12.4. The zero-order chi connectivity index (χ0) is 24.5. The first-order valence-electron chi connectivity index (χ1n) is 12.1. The number of nitrogens with one attached hydrogen (secondary N) is 2. The largest absolute Gasteiger partial charge is 0.289 e. The summed E-state index contributed by atoms with van der Waals surface area (Å²) in [7, 11) is 0. The number of H-pyrrole nitrogens is 1. The molecule has 1 aliphatic rings. The number of amides is 1. The van der Waals surface area contributed by atoms with Crippen LogP contribution in [0.4, 0.5) is 5.95 Å². The van der Waals surface area contributed by atoms with Crippen LogP contribution in [0, 0.1) is 0 Å². The number of aromatic amines is 1. The maximum Gasteiger partial charge on any atom is 0.258 e. The summed E-state index contributed by atoms with van der Waals surface area (Å²) in [6.07, 6.45) is 6.85. The number of allylic oxidation sites excluding steroid dienone is 1. The Morgan fingerprint density at radius 1 is 1.09 bits per heavy atom. The number of hydrogen-bond acceptors (Lipinski definition) is 4. The van der Waals surface area contributed by atoms with Crippen molar-refractivity contribution in [1.82, 2.24) is 20.6 Å². The molecule has 1 heterocycles. The number of unbranched alkanes of at least 4 members (excludes halogenated alkanes) is 1. The molecule has 34 heavy (non-hydrogen) atoms. The second kappa shape index (κ2) is 9.16. The van der Waals surface area contributed by atoms with Crippen molar-refractivity contribution in [3.63, 3.8) is 0 Å². The molecular weight excluding hydrogens is 422 g/mol. The number of carbonyl (C=O) groups excluding carboxylic acids is 1. The van der Waals surface area contributed by atoms with Gasteiger partial charge in [-0.3, -0.25) is 10.1 Å². The molecule has 0 radical (unpaired) electrons. The van der Waals surface area contributed by atoms with Crippen LogP contribution in [0.5, 0.6) is 0 Å². The summed E-state index contributed by atoms with van der Waals surface area (Å²) in [4.78, 5) is 12.4. The smallest absolute Gasteiger partial charge is 0.258 e. The lowest BCUT2D eigenvalue weighted by Gasteiger charge is -2.22. The van der Waals surface area contributed by atoms with Gasteiger partial charge in [-0.05, 0) is 93.0 Å². The van der Waals surface area contributed by atoms with Gasteiger partial charge in [0.15, 0.2) is 0 Å². The van der Waals surface area contributed by atoms with Crippen molar-refractivity contribution in [2.75, 3.05) is 5.32 Å². The van der Waals surface area contributed by atoms with Gasteiger partial charge < -0.3 is 0 Å². The standard InChI is InChI=1S/C28H35N5O/c1-7-8-9-21-15-23-24(28(5,6)17-27(23,3)4)16-22(21)18(2)14-19-10-12-20(13-11-19)25(34)29-26-30-32-33-31-26/h10-16H,7-9,17H2,1-6H3,(H2,29,30,31,32,33,34)/b18-14+. The van der Waals surface area contributed by atoms with Crippen molar-refractivity contribution in [3.05, 3.63) is 69.8 Å². The van der Waals surface area contributed by atoms with Gasteiger partial charge in [0.25, 0.3) is 5.91 Å². The van der Waals surface area contributed by atoms with E-state index >= 15 is 0 Å². The molecule has 178 valence electrons. The Bertz CT molecular complexity index is 1200. The average Bonchev–Trinajstić information content (AvgIpc) is 3.35. The molecule has 0 saturated heterocycles. The average molecular weight is 458 g/mol. The molecule has 3 aromatic rings.